The Balaban J connectivity index is 1.62. The van der Waals surface area contributed by atoms with Gasteiger partial charge < -0.3 is 19.5 Å². The number of hydrogen-bond acceptors (Lipinski definition) is 4. The summed E-state index contributed by atoms with van der Waals surface area (Å²) in [4.78, 5) is 25.7. The van der Waals surface area contributed by atoms with Crippen LogP contribution in [0.5, 0.6) is 5.75 Å². The molecule has 3 rings (SSSR count). The third kappa shape index (κ3) is 4.65. The van der Waals surface area contributed by atoms with Gasteiger partial charge in [0.25, 0.3) is 0 Å². The van der Waals surface area contributed by atoms with Gasteiger partial charge >= 0.3 is 5.97 Å². The van der Waals surface area contributed by atoms with Crippen molar-refractivity contribution in [1.29, 1.82) is 0 Å². The van der Waals surface area contributed by atoms with Crippen molar-refractivity contribution in [3.8, 4) is 5.75 Å². The summed E-state index contributed by atoms with van der Waals surface area (Å²) in [7, 11) is 1.62. The van der Waals surface area contributed by atoms with Gasteiger partial charge in [0, 0.05) is 13.0 Å². The second-order valence-electron chi connectivity index (χ2n) is 6.44. The van der Waals surface area contributed by atoms with E-state index in [1.54, 1.807) is 36.3 Å². The lowest BCUT2D eigenvalue weighted by molar-refractivity contribution is -0.139. The molecule has 1 amide bonds. The summed E-state index contributed by atoms with van der Waals surface area (Å²) in [5.74, 6) is -0.210. The van der Waals surface area contributed by atoms with Gasteiger partial charge in [-0.2, -0.15) is 0 Å². The number of ether oxygens (including phenoxy) is 2. The Morgan fingerprint density at radius 2 is 2.04 bits per heavy atom. The lowest BCUT2D eigenvalue weighted by atomic mass is 10.0. The lowest BCUT2D eigenvalue weighted by Crippen LogP contribution is -2.42. The Bertz CT molecular complexity index is 820. The average molecular weight is 369 g/mol. The smallest absolute Gasteiger partial charge is 0.335 e. The second kappa shape index (κ2) is 8.68. The minimum atomic E-state index is -0.970. The van der Waals surface area contributed by atoms with Crippen molar-refractivity contribution in [3.63, 3.8) is 0 Å². The van der Waals surface area contributed by atoms with Crippen LogP contribution in [0.4, 0.5) is 0 Å². The first-order chi connectivity index (χ1) is 13.1. The van der Waals surface area contributed by atoms with Crippen molar-refractivity contribution >= 4 is 11.9 Å². The number of methoxy groups -OCH3 is 1. The monoisotopic (exact) mass is 369 g/mol. The molecule has 6 nitrogen and oxygen atoms in total. The Morgan fingerprint density at radius 3 is 2.81 bits per heavy atom. The summed E-state index contributed by atoms with van der Waals surface area (Å²) in [6.07, 6.45) is 0.488. The maximum atomic E-state index is 12.7. The number of carboxylic acid groups (broad SMARTS) is 1. The molecule has 2 aromatic carbocycles. The van der Waals surface area contributed by atoms with Gasteiger partial charge in [0.2, 0.25) is 5.91 Å². The van der Waals surface area contributed by atoms with Crippen molar-refractivity contribution < 1.29 is 24.2 Å². The molecule has 6 heteroatoms. The van der Waals surface area contributed by atoms with Crippen LogP contribution in [0.2, 0.25) is 0 Å². The number of rotatable bonds is 6. The highest BCUT2D eigenvalue weighted by Crippen LogP contribution is 2.26. The van der Waals surface area contributed by atoms with E-state index in [4.69, 9.17) is 9.47 Å². The van der Waals surface area contributed by atoms with Gasteiger partial charge in [-0.25, -0.2) is 4.79 Å². The van der Waals surface area contributed by atoms with Crippen LogP contribution in [0.3, 0.4) is 0 Å². The number of amides is 1. The summed E-state index contributed by atoms with van der Waals surface area (Å²) in [5, 5.41) is 9.26. The zero-order chi connectivity index (χ0) is 19.2. The van der Waals surface area contributed by atoms with Gasteiger partial charge in [0.1, 0.15) is 11.9 Å². The fourth-order valence-electron chi connectivity index (χ4n) is 3.27. The van der Waals surface area contributed by atoms with Gasteiger partial charge in [-0.3, -0.25) is 4.79 Å². The minimum absolute atomic E-state index is 0.00591. The van der Waals surface area contributed by atoms with Gasteiger partial charge in [-0.05, 0) is 35.7 Å². The number of carbonyl (C=O) groups excluding carboxylic acids is 1. The number of morpholine rings is 1. The third-order valence-corrected chi connectivity index (χ3v) is 4.74. The minimum Gasteiger partial charge on any atom is -0.497 e. The van der Waals surface area contributed by atoms with Gasteiger partial charge in [-0.15, -0.1) is 0 Å². The number of carbonyl (C=O) groups is 2. The zero-order valence-electron chi connectivity index (χ0n) is 15.3. The van der Waals surface area contributed by atoms with E-state index in [0.717, 1.165) is 11.3 Å². The van der Waals surface area contributed by atoms with Crippen LogP contribution >= 0.6 is 0 Å². The Hall–Kier alpha value is -2.86. The van der Waals surface area contributed by atoms with Crippen molar-refractivity contribution in [2.75, 3.05) is 26.8 Å². The molecule has 0 aliphatic carbocycles. The number of aryl methyl sites for hydroxylation is 1. The maximum absolute atomic E-state index is 12.7. The molecule has 1 atom stereocenters. The molecule has 1 unspecified atom stereocenters. The molecule has 0 bridgehead atoms. The molecular formula is C21H23NO5. The highest BCUT2D eigenvalue weighted by Gasteiger charge is 2.25. The molecule has 142 valence electrons. The zero-order valence-corrected chi connectivity index (χ0v) is 15.3. The molecular weight excluding hydrogens is 346 g/mol. The summed E-state index contributed by atoms with van der Waals surface area (Å²) >= 11 is 0. The third-order valence-electron chi connectivity index (χ3n) is 4.74. The van der Waals surface area contributed by atoms with E-state index >= 15 is 0 Å². The van der Waals surface area contributed by atoms with Crippen LogP contribution in [-0.2, 0) is 16.0 Å². The van der Waals surface area contributed by atoms with E-state index in [-0.39, 0.29) is 24.0 Å². The molecule has 0 aromatic heterocycles. The van der Waals surface area contributed by atoms with E-state index in [0.29, 0.717) is 31.7 Å². The maximum Gasteiger partial charge on any atom is 0.335 e. The first-order valence-corrected chi connectivity index (χ1v) is 8.93. The standard InChI is InChI=1S/C21H23NO5/c1-26-17-7-4-6-16(13-17)19-14-22(11-12-27-19)20(23)10-9-15-5-2-3-8-18(15)21(24)25/h2-8,13,19H,9-12,14H2,1H3,(H,24,25). The van der Waals surface area contributed by atoms with Crippen LogP contribution in [0.1, 0.15) is 34.0 Å². The number of aromatic carboxylic acids is 1. The average Bonchev–Trinajstić information content (AvgIpc) is 2.72. The van der Waals surface area contributed by atoms with Crippen LogP contribution in [0.15, 0.2) is 48.5 Å². The quantitative estimate of drug-likeness (QED) is 0.847. The van der Waals surface area contributed by atoms with E-state index < -0.39 is 5.97 Å². The molecule has 1 aliphatic heterocycles. The fourth-order valence-corrected chi connectivity index (χ4v) is 3.27. The summed E-state index contributed by atoms with van der Waals surface area (Å²) in [6.45, 7) is 1.49. The Morgan fingerprint density at radius 1 is 1.22 bits per heavy atom. The van der Waals surface area contributed by atoms with Gasteiger partial charge in [0.15, 0.2) is 0 Å². The molecule has 0 radical (unpaired) electrons. The van der Waals surface area contributed by atoms with Crippen molar-refractivity contribution in [3.05, 3.63) is 65.2 Å². The second-order valence-corrected chi connectivity index (χ2v) is 6.44. The normalized spacial score (nSPS) is 16.8. The lowest BCUT2D eigenvalue weighted by Gasteiger charge is -2.33. The van der Waals surface area contributed by atoms with Crippen LogP contribution in [0.25, 0.3) is 0 Å². The predicted molar refractivity (Wildman–Crippen MR) is 100.0 cm³/mol. The Labute approximate surface area is 158 Å². The number of carboxylic acids is 1. The SMILES string of the molecule is COc1cccc(C2CN(C(=O)CCc3ccccc3C(=O)O)CCO2)c1. The van der Waals surface area contributed by atoms with Crippen molar-refractivity contribution in [1.82, 2.24) is 4.90 Å². The van der Waals surface area contributed by atoms with Gasteiger partial charge in [-0.1, -0.05) is 30.3 Å². The molecule has 2 aromatic rings. The van der Waals surface area contributed by atoms with Gasteiger partial charge in [0.05, 0.1) is 25.8 Å². The molecule has 1 aliphatic rings. The van der Waals surface area contributed by atoms with Crippen molar-refractivity contribution in [2.24, 2.45) is 0 Å². The molecule has 27 heavy (non-hydrogen) atoms. The first kappa shape index (κ1) is 18.9. The molecule has 1 fully saturated rings. The topological polar surface area (TPSA) is 76.1 Å². The van der Waals surface area contributed by atoms with E-state index in [1.807, 2.05) is 24.3 Å². The largest absolute Gasteiger partial charge is 0.497 e. The summed E-state index contributed by atoms with van der Waals surface area (Å²) in [5.41, 5.74) is 1.90. The van der Waals surface area contributed by atoms with E-state index in [9.17, 15) is 14.7 Å². The molecule has 0 spiro atoms. The van der Waals surface area contributed by atoms with Crippen LogP contribution in [-0.4, -0.2) is 48.7 Å². The molecule has 1 heterocycles. The van der Waals surface area contributed by atoms with Crippen molar-refractivity contribution in [2.45, 2.75) is 18.9 Å². The van der Waals surface area contributed by atoms with E-state index in [1.165, 1.54) is 0 Å². The number of nitrogens with zero attached hydrogens (tertiary/aromatic N) is 1. The number of hydrogen-bond donors (Lipinski definition) is 1. The molecule has 1 saturated heterocycles. The highest BCUT2D eigenvalue weighted by molar-refractivity contribution is 5.89. The highest BCUT2D eigenvalue weighted by atomic mass is 16.5. The predicted octanol–water partition coefficient (Wildman–Crippen LogP) is 2.93. The molecule has 0 saturated carbocycles. The fraction of sp³-hybridized carbons (Fsp3) is 0.333. The Kier molecular flexibility index (Phi) is 6.08. The summed E-state index contributed by atoms with van der Waals surface area (Å²) < 4.78 is 11.1. The first-order valence-electron chi connectivity index (χ1n) is 8.93. The van der Waals surface area contributed by atoms with Crippen LogP contribution in [0, 0.1) is 0 Å². The number of benzene rings is 2. The summed E-state index contributed by atoms with van der Waals surface area (Å²) in [6, 6.07) is 14.5. The van der Waals surface area contributed by atoms with E-state index in [2.05, 4.69) is 0 Å². The molecule has 1 N–H and O–H groups in total. The van der Waals surface area contributed by atoms with Crippen LogP contribution < -0.4 is 4.74 Å².